The van der Waals surface area contributed by atoms with Crippen LogP contribution in [0, 0.1) is 0 Å². The van der Waals surface area contributed by atoms with E-state index in [1.165, 1.54) is 4.90 Å². The zero-order chi connectivity index (χ0) is 13.3. The van der Waals surface area contributed by atoms with Crippen molar-refractivity contribution in [1.82, 2.24) is 20.5 Å². The highest BCUT2D eigenvalue weighted by atomic mass is 16.2. The van der Waals surface area contributed by atoms with Gasteiger partial charge in [0, 0.05) is 18.9 Å². The van der Waals surface area contributed by atoms with E-state index >= 15 is 0 Å². The van der Waals surface area contributed by atoms with Gasteiger partial charge in [-0.05, 0) is 37.1 Å². The number of imide groups is 1. The van der Waals surface area contributed by atoms with Gasteiger partial charge in [0.15, 0.2) is 0 Å². The molecule has 1 atom stereocenters. The molecular formula is C13H16N4O2. The second-order valence-corrected chi connectivity index (χ2v) is 5.04. The van der Waals surface area contributed by atoms with Crippen LogP contribution in [-0.4, -0.2) is 40.5 Å². The zero-order valence-electron chi connectivity index (χ0n) is 10.6. The fourth-order valence-electron chi connectivity index (χ4n) is 2.69. The number of rotatable bonds is 2. The van der Waals surface area contributed by atoms with Gasteiger partial charge < -0.3 is 10.6 Å². The molecule has 1 unspecified atom stereocenters. The summed E-state index contributed by atoms with van der Waals surface area (Å²) in [5.41, 5.74) is 0.168. The molecule has 1 aromatic heterocycles. The van der Waals surface area contributed by atoms with Gasteiger partial charge in [0.1, 0.15) is 5.54 Å². The minimum atomic E-state index is -0.734. The number of aromatic nitrogens is 1. The number of hydrogen-bond acceptors (Lipinski definition) is 4. The molecule has 0 radical (unpaired) electrons. The van der Waals surface area contributed by atoms with Crippen LogP contribution in [-0.2, 0) is 11.3 Å². The Labute approximate surface area is 111 Å². The quantitative estimate of drug-likeness (QED) is 0.748. The van der Waals surface area contributed by atoms with Crippen molar-refractivity contribution in [3.8, 4) is 0 Å². The molecule has 6 heteroatoms. The monoisotopic (exact) mass is 260 g/mol. The molecule has 2 fully saturated rings. The lowest BCUT2D eigenvalue weighted by Crippen LogP contribution is -2.57. The smallest absolute Gasteiger partial charge is 0.322 e. The van der Waals surface area contributed by atoms with E-state index in [-0.39, 0.29) is 11.9 Å². The molecule has 1 aromatic rings. The van der Waals surface area contributed by atoms with E-state index in [1.54, 1.807) is 12.4 Å². The summed E-state index contributed by atoms with van der Waals surface area (Å²) >= 11 is 0. The first-order valence-electron chi connectivity index (χ1n) is 6.45. The van der Waals surface area contributed by atoms with E-state index in [2.05, 4.69) is 15.6 Å². The number of piperidine rings is 1. The third-order valence-electron chi connectivity index (χ3n) is 3.72. The van der Waals surface area contributed by atoms with Crippen molar-refractivity contribution >= 4 is 11.9 Å². The van der Waals surface area contributed by atoms with E-state index in [0.717, 1.165) is 18.5 Å². The van der Waals surface area contributed by atoms with Crippen LogP contribution in [0.5, 0.6) is 0 Å². The maximum atomic E-state index is 12.5. The molecule has 2 aliphatic heterocycles. The van der Waals surface area contributed by atoms with Gasteiger partial charge in [-0.25, -0.2) is 4.79 Å². The average Bonchev–Trinajstić information content (AvgIpc) is 2.66. The number of carbonyl (C=O) groups excluding carboxylic acids is 2. The molecule has 0 aliphatic carbocycles. The van der Waals surface area contributed by atoms with Gasteiger partial charge >= 0.3 is 6.03 Å². The molecule has 3 heterocycles. The maximum absolute atomic E-state index is 12.5. The number of nitrogens with zero attached hydrogens (tertiary/aromatic N) is 2. The number of amides is 3. The molecule has 1 spiro atoms. The number of hydrogen-bond donors (Lipinski definition) is 2. The van der Waals surface area contributed by atoms with Crippen LogP contribution in [0.4, 0.5) is 4.79 Å². The summed E-state index contributed by atoms with van der Waals surface area (Å²) in [6.07, 6.45) is 4.92. The highest BCUT2D eigenvalue weighted by Crippen LogP contribution is 2.26. The molecular weight excluding hydrogens is 244 g/mol. The fourth-order valence-corrected chi connectivity index (χ4v) is 2.69. The first-order valence-corrected chi connectivity index (χ1v) is 6.45. The Morgan fingerprint density at radius 3 is 2.79 bits per heavy atom. The number of carbonyl (C=O) groups is 2. The second kappa shape index (κ2) is 4.62. The minimum Gasteiger partial charge on any atom is -0.322 e. The molecule has 0 bridgehead atoms. The van der Waals surface area contributed by atoms with Crippen LogP contribution in [0.25, 0.3) is 0 Å². The normalized spacial score (nSPS) is 26.8. The molecule has 3 amide bonds. The van der Waals surface area contributed by atoms with E-state index in [9.17, 15) is 9.59 Å². The first-order chi connectivity index (χ1) is 9.21. The molecule has 6 nitrogen and oxygen atoms in total. The summed E-state index contributed by atoms with van der Waals surface area (Å²) in [4.78, 5) is 29.7. The lowest BCUT2D eigenvalue weighted by molar-refractivity contribution is -0.132. The van der Waals surface area contributed by atoms with Crippen molar-refractivity contribution in [2.45, 2.75) is 24.9 Å². The van der Waals surface area contributed by atoms with Crippen molar-refractivity contribution in [3.05, 3.63) is 30.1 Å². The van der Waals surface area contributed by atoms with E-state index < -0.39 is 5.54 Å². The van der Waals surface area contributed by atoms with Gasteiger partial charge in [0.25, 0.3) is 5.91 Å². The molecule has 19 heavy (non-hydrogen) atoms. The van der Waals surface area contributed by atoms with Crippen molar-refractivity contribution in [2.24, 2.45) is 0 Å². The number of nitrogens with one attached hydrogen (secondary N) is 2. The summed E-state index contributed by atoms with van der Waals surface area (Å²) < 4.78 is 0. The zero-order valence-corrected chi connectivity index (χ0v) is 10.6. The Kier molecular flexibility index (Phi) is 2.94. The van der Waals surface area contributed by atoms with Gasteiger partial charge in [-0.1, -0.05) is 0 Å². The highest BCUT2D eigenvalue weighted by molar-refractivity contribution is 6.07. The van der Waals surface area contributed by atoms with Gasteiger partial charge in [0.2, 0.25) is 0 Å². The average molecular weight is 260 g/mol. The minimum absolute atomic E-state index is 0.124. The summed E-state index contributed by atoms with van der Waals surface area (Å²) in [5, 5.41) is 6.03. The molecule has 2 aliphatic rings. The maximum Gasteiger partial charge on any atom is 0.325 e. The van der Waals surface area contributed by atoms with Crippen LogP contribution < -0.4 is 10.6 Å². The molecule has 2 N–H and O–H groups in total. The van der Waals surface area contributed by atoms with Crippen LogP contribution in [0.15, 0.2) is 24.5 Å². The Bertz CT molecular complexity index is 497. The highest BCUT2D eigenvalue weighted by Gasteiger charge is 2.51. The van der Waals surface area contributed by atoms with Gasteiger partial charge in [-0.15, -0.1) is 0 Å². The molecule has 3 rings (SSSR count). The Hall–Kier alpha value is -1.95. The lowest BCUT2D eigenvalue weighted by Gasteiger charge is -2.31. The predicted molar refractivity (Wildman–Crippen MR) is 68.2 cm³/mol. The second-order valence-electron chi connectivity index (χ2n) is 5.04. The molecule has 0 aromatic carbocycles. The number of pyridine rings is 1. The van der Waals surface area contributed by atoms with Crippen LogP contribution in [0.3, 0.4) is 0 Å². The predicted octanol–water partition coefficient (Wildman–Crippen LogP) is 0.256. The van der Waals surface area contributed by atoms with E-state index in [1.807, 2.05) is 12.1 Å². The van der Waals surface area contributed by atoms with Gasteiger partial charge in [-0.3, -0.25) is 14.7 Å². The van der Waals surface area contributed by atoms with Crippen LogP contribution in [0.1, 0.15) is 18.4 Å². The summed E-state index contributed by atoms with van der Waals surface area (Å²) in [6, 6.07) is 3.32. The van der Waals surface area contributed by atoms with Crippen molar-refractivity contribution in [3.63, 3.8) is 0 Å². The fraction of sp³-hybridized carbons (Fsp3) is 0.462. The van der Waals surface area contributed by atoms with Gasteiger partial charge in [0.05, 0.1) is 6.54 Å². The van der Waals surface area contributed by atoms with Crippen molar-refractivity contribution in [2.75, 3.05) is 13.1 Å². The standard InChI is InChI=1S/C13H16N4O2/c18-11-13(4-1-5-15-9-13)16-12(19)17(11)8-10-2-6-14-7-3-10/h2-3,6-7,15H,1,4-5,8-9H2,(H,16,19). The molecule has 2 saturated heterocycles. The Balaban J connectivity index is 1.79. The first kappa shape index (κ1) is 12.1. The van der Waals surface area contributed by atoms with Gasteiger partial charge in [-0.2, -0.15) is 0 Å². The summed E-state index contributed by atoms with van der Waals surface area (Å²) in [5.74, 6) is -0.124. The summed E-state index contributed by atoms with van der Waals surface area (Å²) in [6.45, 7) is 1.72. The largest absolute Gasteiger partial charge is 0.325 e. The van der Waals surface area contributed by atoms with Crippen molar-refractivity contribution < 1.29 is 9.59 Å². The molecule has 100 valence electrons. The third-order valence-corrected chi connectivity index (χ3v) is 3.72. The SMILES string of the molecule is O=C1NC2(CCCNC2)C(=O)N1Cc1ccncc1. The Morgan fingerprint density at radius 1 is 1.32 bits per heavy atom. The third kappa shape index (κ3) is 2.08. The lowest BCUT2D eigenvalue weighted by atomic mass is 9.90. The van der Waals surface area contributed by atoms with Crippen LogP contribution in [0.2, 0.25) is 0 Å². The van der Waals surface area contributed by atoms with Crippen molar-refractivity contribution in [1.29, 1.82) is 0 Å². The van der Waals surface area contributed by atoms with Crippen LogP contribution >= 0.6 is 0 Å². The topological polar surface area (TPSA) is 74.3 Å². The van der Waals surface area contributed by atoms with E-state index in [0.29, 0.717) is 19.5 Å². The Morgan fingerprint density at radius 2 is 2.11 bits per heavy atom. The molecule has 0 saturated carbocycles. The summed E-state index contributed by atoms with van der Waals surface area (Å²) in [7, 11) is 0. The van der Waals surface area contributed by atoms with E-state index in [4.69, 9.17) is 0 Å². The number of urea groups is 1.